The molecule has 1 aromatic heterocycles. The Kier molecular flexibility index (Phi) is 5.88. The molecule has 0 bridgehead atoms. The number of aromatic nitrogens is 1. The molecule has 0 radical (unpaired) electrons. The van der Waals surface area contributed by atoms with E-state index in [0.29, 0.717) is 25.9 Å². The van der Waals surface area contributed by atoms with Crippen LogP contribution < -0.4 is 5.32 Å². The smallest absolute Gasteiger partial charge is 0.321 e. The average Bonchev–Trinajstić information content (AvgIpc) is 2.68. The van der Waals surface area contributed by atoms with Gasteiger partial charge in [-0.2, -0.15) is 0 Å². The molecule has 2 aromatic rings. The van der Waals surface area contributed by atoms with Crippen molar-refractivity contribution >= 4 is 21.6 Å². The van der Waals surface area contributed by atoms with Gasteiger partial charge in [0.15, 0.2) is 9.84 Å². The summed E-state index contributed by atoms with van der Waals surface area (Å²) in [4.78, 5) is 17.6. The Morgan fingerprint density at radius 2 is 1.83 bits per heavy atom. The Labute approximate surface area is 168 Å². The second-order valence-electron chi connectivity index (χ2n) is 7.65. The van der Waals surface area contributed by atoms with Gasteiger partial charge in [0.2, 0.25) is 0 Å². The van der Waals surface area contributed by atoms with Crippen LogP contribution in [-0.4, -0.2) is 42.2 Å². The number of hydrogen-bond acceptors (Lipinski definition) is 4. The molecule has 0 unspecified atom stereocenters. The van der Waals surface area contributed by atoms with Crippen molar-refractivity contribution in [2.75, 3.05) is 18.4 Å². The quantitative estimate of drug-likeness (QED) is 0.810. The van der Waals surface area contributed by atoms with Crippen LogP contribution in [0.4, 0.5) is 19.3 Å². The molecule has 6 nitrogen and oxygen atoms in total. The molecule has 1 aliphatic rings. The van der Waals surface area contributed by atoms with Gasteiger partial charge in [0.25, 0.3) is 0 Å². The number of benzene rings is 1. The predicted octanol–water partition coefficient (Wildman–Crippen LogP) is 3.86. The van der Waals surface area contributed by atoms with Crippen molar-refractivity contribution < 1.29 is 22.0 Å². The minimum atomic E-state index is -3.76. The predicted molar refractivity (Wildman–Crippen MR) is 105 cm³/mol. The summed E-state index contributed by atoms with van der Waals surface area (Å²) >= 11 is 0. The van der Waals surface area contributed by atoms with E-state index in [9.17, 15) is 22.0 Å². The van der Waals surface area contributed by atoms with Crippen LogP contribution in [0.1, 0.15) is 26.7 Å². The highest BCUT2D eigenvalue weighted by Gasteiger charge is 2.44. The Morgan fingerprint density at radius 1 is 1.14 bits per heavy atom. The Balaban J connectivity index is 1.67. The molecule has 2 heterocycles. The molecular formula is C20H23F2N3O3S. The minimum absolute atomic E-state index is 0.0405. The average molecular weight is 423 g/mol. The Hall–Kier alpha value is -2.55. The monoisotopic (exact) mass is 423 g/mol. The lowest BCUT2D eigenvalue weighted by Gasteiger charge is -2.40. The van der Waals surface area contributed by atoms with Crippen molar-refractivity contribution in [3.05, 3.63) is 54.4 Å². The molecule has 29 heavy (non-hydrogen) atoms. The first-order valence-electron chi connectivity index (χ1n) is 9.28. The number of anilines is 1. The topological polar surface area (TPSA) is 79.4 Å². The molecule has 1 N–H and O–H groups in total. The highest BCUT2D eigenvalue weighted by Crippen LogP contribution is 2.38. The summed E-state index contributed by atoms with van der Waals surface area (Å²) in [6.45, 7) is 4.01. The van der Waals surface area contributed by atoms with Crippen molar-refractivity contribution in [1.82, 2.24) is 9.88 Å². The maximum Gasteiger partial charge on any atom is 0.321 e. The van der Waals surface area contributed by atoms with Crippen LogP contribution in [0.3, 0.4) is 0 Å². The van der Waals surface area contributed by atoms with Crippen LogP contribution >= 0.6 is 0 Å². The summed E-state index contributed by atoms with van der Waals surface area (Å²) in [5.74, 6) is -1.35. The van der Waals surface area contributed by atoms with Crippen LogP contribution in [0.15, 0.2) is 47.6 Å². The summed E-state index contributed by atoms with van der Waals surface area (Å²) in [6.07, 6.45) is 3.36. The highest BCUT2D eigenvalue weighted by molar-refractivity contribution is 7.92. The molecule has 1 aliphatic heterocycles. The number of amides is 2. The van der Waals surface area contributed by atoms with E-state index in [1.807, 2.05) is 0 Å². The fourth-order valence-electron chi connectivity index (χ4n) is 3.62. The molecule has 1 fully saturated rings. The maximum atomic E-state index is 13.5. The Bertz CT molecular complexity index is 1000. The highest BCUT2D eigenvalue weighted by atomic mass is 32.2. The van der Waals surface area contributed by atoms with Gasteiger partial charge >= 0.3 is 6.03 Å². The zero-order chi connectivity index (χ0) is 21.2. The van der Waals surface area contributed by atoms with Gasteiger partial charge in [-0.15, -0.1) is 0 Å². The number of rotatable bonds is 4. The molecule has 0 spiro atoms. The molecule has 0 saturated carbocycles. The molecule has 2 amide bonds. The molecular weight excluding hydrogens is 400 g/mol. The zero-order valence-corrected chi connectivity index (χ0v) is 17.0. The number of nitrogens with one attached hydrogen (secondary N) is 1. The van der Waals surface area contributed by atoms with Crippen LogP contribution in [0.2, 0.25) is 0 Å². The van der Waals surface area contributed by atoms with Gasteiger partial charge in [-0.3, -0.25) is 4.98 Å². The number of piperidine rings is 1. The first-order valence-corrected chi connectivity index (χ1v) is 10.8. The largest absolute Gasteiger partial charge is 0.325 e. The van der Waals surface area contributed by atoms with Gasteiger partial charge < -0.3 is 10.2 Å². The lowest BCUT2D eigenvalue weighted by atomic mass is 9.86. The van der Waals surface area contributed by atoms with E-state index in [0.717, 1.165) is 12.3 Å². The van der Waals surface area contributed by atoms with Gasteiger partial charge in [0.1, 0.15) is 11.6 Å². The first kappa shape index (κ1) is 21.2. The van der Waals surface area contributed by atoms with E-state index >= 15 is 0 Å². The third-order valence-electron chi connectivity index (χ3n) is 5.52. The van der Waals surface area contributed by atoms with E-state index in [1.165, 1.54) is 30.5 Å². The second kappa shape index (κ2) is 8.06. The molecule has 1 saturated heterocycles. The number of carbonyl (C=O) groups is 1. The van der Waals surface area contributed by atoms with E-state index in [-0.39, 0.29) is 22.5 Å². The second-order valence-corrected chi connectivity index (χ2v) is 10.2. The summed E-state index contributed by atoms with van der Waals surface area (Å²) < 4.78 is 51.8. The maximum absolute atomic E-state index is 13.5. The van der Waals surface area contributed by atoms with Crippen LogP contribution in [0, 0.1) is 17.6 Å². The zero-order valence-electron chi connectivity index (χ0n) is 16.2. The number of likely N-dealkylation sites (tertiary alicyclic amines) is 1. The van der Waals surface area contributed by atoms with E-state index in [2.05, 4.69) is 10.3 Å². The van der Waals surface area contributed by atoms with Gasteiger partial charge in [-0.1, -0.05) is 6.07 Å². The molecule has 0 aliphatic carbocycles. The number of halogens is 2. The number of pyridine rings is 1. The number of hydrogen-bond donors (Lipinski definition) is 1. The standard InChI is InChI=1S/C20H23F2N3O3S/c1-20(2,29(27,28)18-5-3-4-15(21)11-18)14-6-8-25(9-7-14)19(26)24-17-10-16(22)12-23-13-17/h3-5,10-14H,6-9H2,1-2H3,(H,24,26). The third-order valence-corrected chi connectivity index (χ3v) is 8.11. The summed E-state index contributed by atoms with van der Waals surface area (Å²) in [5, 5.41) is 2.59. The molecule has 156 valence electrons. The first-order chi connectivity index (χ1) is 13.6. The number of sulfone groups is 1. The van der Waals surface area contributed by atoms with Crippen LogP contribution in [0.25, 0.3) is 0 Å². The fraction of sp³-hybridized carbons (Fsp3) is 0.400. The van der Waals surface area contributed by atoms with Crippen molar-refractivity contribution in [1.29, 1.82) is 0 Å². The minimum Gasteiger partial charge on any atom is -0.325 e. The van der Waals surface area contributed by atoms with Gasteiger partial charge in [0.05, 0.1) is 27.7 Å². The lowest BCUT2D eigenvalue weighted by molar-refractivity contribution is 0.171. The van der Waals surface area contributed by atoms with Gasteiger partial charge in [-0.05, 0) is 50.8 Å². The SMILES string of the molecule is CC(C)(C1CCN(C(=O)Nc2cncc(F)c2)CC1)S(=O)(=O)c1cccc(F)c1. The van der Waals surface area contributed by atoms with Crippen molar-refractivity contribution in [2.24, 2.45) is 5.92 Å². The van der Waals surface area contributed by atoms with Crippen molar-refractivity contribution in [2.45, 2.75) is 36.3 Å². The van der Waals surface area contributed by atoms with E-state index in [1.54, 1.807) is 18.7 Å². The molecule has 0 atom stereocenters. The van der Waals surface area contributed by atoms with Crippen molar-refractivity contribution in [3.8, 4) is 0 Å². The van der Waals surface area contributed by atoms with E-state index in [4.69, 9.17) is 0 Å². The van der Waals surface area contributed by atoms with Crippen LogP contribution in [0.5, 0.6) is 0 Å². The summed E-state index contributed by atoms with van der Waals surface area (Å²) in [5.41, 5.74) is 0.256. The Morgan fingerprint density at radius 3 is 2.45 bits per heavy atom. The third kappa shape index (κ3) is 4.39. The van der Waals surface area contributed by atoms with Gasteiger partial charge in [-0.25, -0.2) is 22.0 Å². The fourth-order valence-corrected chi connectivity index (χ4v) is 5.43. The lowest BCUT2D eigenvalue weighted by Crippen LogP contribution is -2.48. The summed E-state index contributed by atoms with van der Waals surface area (Å²) in [6, 6.07) is 5.81. The van der Waals surface area contributed by atoms with Crippen LogP contribution in [-0.2, 0) is 9.84 Å². The van der Waals surface area contributed by atoms with Gasteiger partial charge in [0, 0.05) is 19.2 Å². The summed E-state index contributed by atoms with van der Waals surface area (Å²) in [7, 11) is -3.76. The van der Waals surface area contributed by atoms with E-state index < -0.39 is 26.2 Å². The number of carbonyl (C=O) groups excluding carboxylic acids is 1. The normalized spacial score (nSPS) is 15.9. The molecule has 3 rings (SSSR count). The van der Waals surface area contributed by atoms with Crippen molar-refractivity contribution in [3.63, 3.8) is 0 Å². The number of urea groups is 1. The molecule has 9 heteroatoms. The number of nitrogens with zero attached hydrogens (tertiary/aromatic N) is 2. The molecule has 1 aromatic carbocycles.